The van der Waals surface area contributed by atoms with Crippen LogP contribution in [0.2, 0.25) is 5.02 Å². The minimum absolute atomic E-state index is 0. The van der Waals surface area contributed by atoms with Crippen molar-refractivity contribution < 1.29 is 33.3 Å². The van der Waals surface area contributed by atoms with Crippen molar-refractivity contribution in [2.45, 2.75) is 40.9 Å². The molecule has 0 saturated heterocycles. The van der Waals surface area contributed by atoms with Crippen LogP contribution in [0.4, 0.5) is 0 Å². The molecule has 1 unspecified atom stereocenters. The molecule has 9 nitrogen and oxygen atoms in total. The van der Waals surface area contributed by atoms with E-state index in [2.05, 4.69) is 5.10 Å². The van der Waals surface area contributed by atoms with Crippen molar-refractivity contribution in [3.63, 3.8) is 0 Å². The van der Waals surface area contributed by atoms with Crippen LogP contribution >= 0.6 is 11.6 Å². The number of aromatic nitrogens is 2. The fourth-order valence-electron chi connectivity index (χ4n) is 5.56. The second-order valence-corrected chi connectivity index (χ2v) is 12.7. The first-order valence-electron chi connectivity index (χ1n) is 18.0. The minimum atomic E-state index is -0.800. The van der Waals surface area contributed by atoms with Crippen LogP contribution in [0.15, 0.2) is 133 Å². The van der Waals surface area contributed by atoms with Crippen LogP contribution in [0.1, 0.15) is 58.3 Å². The van der Waals surface area contributed by atoms with Crippen molar-refractivity contribution in [3.8, 4) is 28.4 Å². The van der Waals surface area contributed by atoms with Gasteiger partial charge in [-0.25, -0.2) is 9.48 Å². The Labute approximate surface area is 344 Å². The molecule has 5 aromatic carbocycles. The predicted molar refractivity (Wildman–Crippen MR) is 219 cm³/mol. The number of rotatable bonds is 14. The molecule has 1 heterocycles. The predicted octanol–water partition coefficient (Wildman–Crippen LogP) is 9.52. The quantitative estimate of drug-likeness (QED) is 0.0468. The second kappa shape index (κ2) is 21.5. The van der Waals surface area contributed by atoms with Crippen molar-refractivity contribution in [1.82, 2.24) is 9.78 Å². The normalized spacial score (nSPS) is 10.9. The number of esters is 2. The average Bonchev–Trinajstić information content (AvgIpc) is 3.57. The molecule has 6 aromatic rings. The first-order chi connectivity index (χ1) is 26.7. The molecule has 0 aliphatic rings. The first kappa shape index (κ1) is 43.1. The van der Waals surface area contributed by atoms with Gasteiger partial charge < -0.3 is 18.9 Å². The topological polar surface area (TPSA) is 106 Å². The van der Waals surface area contributed by atoms with E-state index in [9.17, 15) is 14.4 Å². The number of nitrogens with zero attached hydrogens (tertiary/aromatic N) is 2. The van der Waals surface area contributed by atoms with Crippen LogP contribution in [0.5, 0.6) is 11.5 Å². The summed E-state index contributed by atoms with van der Waals surface area (Å²) in [4.78, 5) is 36.3. The maximum absolute atomic E-state index is 12.5. The van der Waals surface area contributed by atoms with E-state index in [4.69, 9.17) is 30.5 Å². The van der Waals surface area contributed by atoms with Gasteiger partial charge >= 0.3 is 11.9 Å². The van der Waals surface area contributed by atoms with E-state index in [0.29, 0.717) is 35.2 Å². The van der Waals surface area contributed by atoms with Crippen LogP contribution in [0, 0.1) is 12.8 Å². The van der Waals surface area contributed by atoms with Gasteiger partial charge in [0.15, 0.2) is 11.5 Å². The Balaban J connectivity index is 0.000000258. The Bertz CT molecular complexity index is 2180. The number of hydrogen-bond acceptors (Lipinski definition) is 8. The maximum Gasteiger partial charge on any atom is 0.359 e. The Hall–Kier alpha value is -5.59. The van der Waals surface area contributed by atoms with Crippen molar-refractivity contribution in [2.24, 2.45) is 5.92 Å². The molecule has 1 radical (unpaired) electrons. The van der Waals surface area contributed by atoms with Crippen LogP contribution < -0.4 is 9.47 Å². The van der Waals surface area contributed by atoms with Gasteiger partial charge in [0.25, 0.3) is 0 Å². The Morgan fingerprint density at radius 1 is 0.679 bits per heavy atom. The number of para-hydroxylation sites is 1. The number of ketones is 1. The molecule has 0 N–H and O–H groups in total. The first-order valence-corrected chi connectivity index (χ1v) is 18.3. The van der Waals surface area contributed by atoms with Crippen LogP contribution in [-0.4, -0.2) is 59.6 Å². The summed E-state index contributed by atoms with van der Waals surface area (Å²) in [7, 11) is 0. The van der Waals surface area contributed by atoms with Gasteiger partial charge in [0.05, 0.1) is 29.6 Å². The van der Waals surface area contributed by atoms with Gasteiger partial charge in [-0.2, -0.15) is 5.10 Å². The summed E-state index contributed by atoms with van der Waals surface area (Å²) in [6.45, 7) is 8.41. The second-order valence-electron chi connectivity index (χ2n) is 12.3. The average molecular weight is 766 g/mol. The zero-order chi connectivity index (χ0) is 39.2. The van der Waals surface area contributed by atoms with E-state index >= 15 is 0 Å². The van der Waals surface area contributed by atoms with E-state index in [1.165, 1.54) is 0 Å². The molecule has 283 valence electrons. The molecule has 11 heteroatoms. The number of carbonyl (C=O) groups is 3. The van der Waals surface area contributed by atoms with Crippen molar-refractivity contribution >= 4 is 48.2 Å². The number of ether oxygens (including phenoxy) is 4. The molecule has 6 rings (SSSR count). The third-order valence-electron chi connectivity index (χ3n) is 8.47. The molecule has 0 aliphatic heterocycles. The number of halogens is 1. The molecule has 0 bridgehead atoms. The number of benzene rings is 5. The van der Waals surface area contributed by atoms with Crippen LogP contribution in [-0.2, 0) is 27.5 Å². The molecular formula is C45H43ClLiN2O7. The van der Waals surface area contributed by atoms with E-state index in [1.807, 2.05) is 110 Å². The van der Waals surface area contributed by atoms with E-state index < -0.39 is 17.9 Å². The Kier molecular flexibility index (Phi) is 16.6. The molecule has 0 spiro atoms. The third kappa shape index (κ3) is 11.5. The van der Waals surface area contributed by atoms with Crippen LogP contribution in [0.25, 0.3) is 16.9 Å². The standard InChI is InChI=1S/C26H23ClN2O3.C19H20O4.Li/c1-3-31-26(30)24-18(2)25(29(28-24)23-12-8-7-11-22(23)27)20-13-15-21(16-14-20)32-17-19-9-5-4-6-10-19;1-3-22-19(21)14(2)18(20)16-9-11-17(12-10-16)23-13-15-7-5-4-6-8-15;/h4-16H,3,17H2,1-2H3;4-12,14H,3,13H2,1-2H3;. The van der Waals surface area contributed by atoms with Gasteiger partial charge in [0.2, 0.25) is 0 Å². The zero-order valence-electron chi connectivity index (χ0n) is 32.2. The van der Waals surface area contributed by atoms with Gasteiger partial charge in [0.1, 0.15) is 30.6 Å². The summed E-state index contributed by atoms with van der Waals surface area (Å²) in [5, 5.41) is 5.10. The molecular weight excluding hydrogens is 723 g/mol. The van der Waals surface area contributed by atoms with Crippen molar-refractivity contribution in [2.75, 3.05) is 13.2 Å². The molecule has 56 heavy (non-hydrogen) atoms. The van der Waals surface area contributed by atoms with E-state index in [0.717, 1.165) is 33.7 Å². The SMILES string of the molecule is CCOC(=O)C(C)C(=O)c1ccc(OCc2ccccc2)cc1.CCOC(=O)c1nn(-c2ccccc2Cl)c(-c2ccc(OCc3ccccc3)cc2)c1C.[Li]. The largest absolute Gasteiger partial charge is 0.489 e. The maximum atomic E-state index is 12.5. The van der Waals surface area contributed by atoms with Gasteiger partial charge in [-0.1, -0.05) is 84.4 Å². The molecule has 1 aromatic heterocycles. The molecule has 0 aliphatic carbocycles. The smallest absolute Gasteiger partial charge is 0.359 e. The fraction of sp³-hybridized carbons (Fsp3) is 0.200. The Morgan fingerprint density at radius 2 is 1.18 bits per heavy atom. The molecule has 1 atom stereocenters. The molecule has 0 saturated carbocycles. The van der Waals surface area contributed by atoms with Crippen LogP contribution in [0.3, 0.4) is 0 Å². The summed E-state index contributed by atoms with van der Waals surface area (Å²) in [5.74, 6) is -0.579. The zero-order valence-corrected chi connectivity index (χ0v) is 33.0. The van der Waals surface area contributed by atoms with E-state index in [-0.39, 0.29) is 43.6 Å². The third-order valence-corrected chi connectivity index (χ3v) is 8.79. The number of carbonyl (C=O) groups excluding carboxylic acids is 3. The number of Topliss-reactive ketones (excluding diaryl/α,β-unsaturated/α-hetero) is 1. The molecule has 0 amide bonds. The summed E-state index contributed by atoms with van der Waals surface area (Å²) in [6, 6.07) is 41.7. The minimum Gasteiger partial charge on any atom is -0.489 e. The fourth-order valence-corrected chi connectivity index (χ4v) is 5.77. The van der Waals surface area contributed by atoms with E-state index in [1.54, 1.807) is 55.8 Å². The summed E-state index contributed by atoms with van der Waals surface area (Å²) >= 11 is 6.45. The number of hydrogen-bond donors (Lipinski definition) is 0. The van der Waals surface area contributed by atoms with Gasteiger partial charge in [-0.15, -0.1) is 0 Å². The monoisotopic (exact) mass is 765 g/mol. The van der Waals surface area contributed by atoms with Gasteiger partial charge in [-0.3, -0.25) is 9.59 Å². The van der Waals surface area contributed by atoms with Gasteiger partial charge in [0, 0.05) is 35.6 Å². The summed E-state index contributed by atoms with van der Waals surface area (Å²) < 4.78 is 23.4. The summed E-state index contributed by atoms with van der Waals surface area (Å²) in [6.07, 6.45) is 0. The Morgan fingerprint density at radius 3 is 1.70 bits per heavy atom. The summed E-state index contributed by atoms with van der Waals surface area (Å²) in [5.41, 5.74) is 5.98. The molecule has 0 fully saturated rings. The van der Waals surface area contributed by atoms with Gasteiger partial charge in [-0.05, 0) is 99.5 Å². The van der Waals surface area contributed by atoms with Crippen molar-refractivity contribution in [1.29, 1.82) is 0 Å². The van der Waals surface area contributed by atoms with Crippen molar-refractivity contribution in [3.05, 3.63) is 166 Å².